The maximum Gasteiger partial charge on any atom is 0.229 e. The number of aromatic nitrogens is 2. The van der Waals surface area contributed by atoms with Gasteiger partial charge in [-0.25, -0.2) is 4.98 Å². The van der Waals surface area contributed by atoms with Gasteiger partial charge < -0.3 is 20.4 Å². The summed E-state index contributed by atoms with van der Waals surface area (Å²) >= 11 is 6.00. The molecule has 1 aliphatic heterocycles. The van der Waals surface area contributed by atoms with Gasteiger partial charge in [-0.1, -0.05) is 17.7 Å². The second kappa shape index (κ2) is 8.99. The Bertz CT molecular complexity index is 672. The SMILES string of the molecule is CN1CCN(CCCNc2ccnc(Nc3cccc(Cl)c3)n2)CC1. The number of piperazine rings is 1. The Morgan fingerprint density at radius 2 is 2.00 bits per heavy atom. The largest absolute Gasteiger partial charge is 0.370 e. The molecule has 3 rings (SSSR count). The molecule has 1 aliphatic rings. The fourth-order valence-electron chi connectivity index (χ4n) is 2.80. The van der Waals surface area contributed by atoms with Crippen molar-refractivity contribution in [2.24, 2.45) is 0 Å². The monoisotopic (exact) mass is 360 g/mol. The van der Waals surface area contributed by atoms with E-state index in [0.717, 1.165) is 57.2 Å². The van der Waals surface area contributed by atoms with Gasteiger partial charge in [0.25, 0.3) is 0 Å². The lowest BCUT2D eigenvalue weighted by atomic mass is 10.3. The van der Waals surface area contributed by atoms with Crippen molar-refractivity contribution >= 4 is 29.1 Å². The summed E-state index contributed by atoms with van der Waals surface area (Å²) in [5.41, 5.74) is 0.875. The van der Waals surface area contributed by atoms with Gasteiger partial charge >= 0.3 is 0 Å². The zero-order valence-corrected chi connectivity index (χ0v) is 15.3. The van der Waals surface area contributed by atoms with Crippen molar-refractivity contribution < 1.29 is 0 Å². The molecular weight excluding hydrogens is 336 g/mol. The highest BCUT2D eigenvalue weighted by molar-refractivity contribution is 6.30. The van der Waals surface area contributed by atoms with E-state index in [1.807, 2.05) is 30.3 Å². The predicted octanol–water partition coefficient (Wildman–Crippen LogP) is 2.92. The van der Waals surface area contributed by atoms with Crippen LogP contribution in [0.1, 0.15) is 6.42 Å². The molecule has 1 saturated heterocycles. The van der Waals surface area contributed by atoms with Crippen LogP contribution in [0.3, 0.4) is 0 Å². The van der Waals surface area contributed by atoms with E-state index in [0.29, 0.717) is 11.0 Å². The molecule has 0 aliphatic carbocycles. The third-order valence-electron chi connectivity index (χ3n) is 4.29. The van der Waals surface area contributed by atoms with Crippen LogP contribution < -0.4 is 10.6 Å². The minimum absolute atomic E-state index is 0.561. The van der Waals surface area contributed by atoms with Crippen molar-refractivity contribution in [2.45, 2.75) is 6.42 Å². The van der Waals surface area contributed by atoms with Gasteiger partial charge in [-0.05, 0) is 44.3 Å². The van der Waals surface area contributed by atoms with Crippen molar-refractivity contribution in [3.8, 4) is 0 Å². The zero-order chi connectivity index (χ0) is 17.5. The summed E-state index contributed by atoms with van der Waals surface area (Å²) in [5, 5.41) is 7.23. The molecule has 0 spiro atoms. The van der Waals surface area contributed by atoms with E-state index in [1.165, 1.54) is 0 Å². The second-order valence-electron chi connectivity index (χ2n) is 6.33. The van der Waals surface area contributed by atoms with Crippen LogP contribution in [0.5, 0.6) is 0 Å². The summed E-state index contributed by atoms with van der Waals surface area (Å²) in [5.74, 6) is 1.39. The van der Waals surface area contributed by atoms with Crippen molar-refractivity contribution in [3.63, 3.8) is 0 Å². The quantitative estimate of drug-likeness (QED) is 0.740. The van der Waals surface area contributed by atoms with Gasteiger partial charge in [0.05, 0.1) is 0 Å². The van der Waals surface area contributed by atoms with Crippen LogP contribution in [-0.4, -0.2) is 66.1 Å². The molecule has 0 atom stereocenters. The Morgan fingerprint density at radius 3 is 2.80 bits per heavy atom. The molecule has 6 nitrogen and oxygen atoms in total. The Balaban J connectivity index is 1.44. The molecule has 1 aromatic heterocycles. The molecule has 2 heterocycles. The Labute approximate surface area is 154 Å². The third-order valence-corrected chi connectivity index (χ3v) is 4.52. The molecule has 7 heteroatoms. The van der Waals surface area contributed by atoms with Gasteiger partial charge in [-0.3, -0.25) is 0 Å². The molecule has 0 amide bonds. The first-order valence-corrected chi connectivity index (χ1v) is 9.07. The van der Waals surface area contributed by atoms with E-state index < -0.39 is 0 Å². The summed E-state index contributed by atoms with van der Waals surface area (Å²) < 4.78 is 0. The molecule has 25 heavy (non-hydrogen) atoms. The molecule has 2 aromatic rings. The van der Waals surface area contributed by atoms with Crippen LogP contribution in [-0.2, 0) is 0 Å². The average Bonchev–Trinajstić information content (AvgIpc) is 2.61. The maximum atomic E-state index is 6.00. The first-order valence-electron chi connectivity index (χ1n) is 8.69. The maximum absolute atomic E-state index is 6.00. The van der Waals surface area contributed by atoms with Crippen molar-refractivity contribution in [1.82, 2.24) is 19.8 Å². The average molecular weight is 361 g/mol. The molecule has 0 saturated carbocycles. The fourth-order valence-corrected chi connectivity index (χ4v) is 2.99. The highest BCUT2D eigenvalue weighted by Gasteiger charge is 2.12. The molecule has 134 valence electrons. The summed E-state index contributed by atoms with van der Waals surface area (Å²) in [4.78, 5) is 13.7. The first kappa shape index (κ1) is 17.9. The lowest BCUT2D eigenvalue weighted by Gasteiger charge is -2.32. The van der Waals surface area contributed by atoms with E-state index in [-0.39, 0.29) is 0 Å². The molecular formula is C18H25ClN6. The number of rotatable bonds is 7. The summed E-state index contributed by atoms with van der Waals surface area (Å²) in [7, 11) is 2.18. The summed E-state index contributed by atoms with van der Waals surface area (Å²) in [6, 6.07) is 9.41. The Kier molecular flexibility index (Phi) is 6.44. The van der Waals surface area contributed by atoms with E-state index >= 15 is 0 Å². The number of nitrogens with one attached hydrogen (secondary N) is 2. The molecule has 0 radical (unpaired) electrons. The van der Waals surface area contributed by atoms with Crippen LogP contribution in [0, 0.1) is 0 Å². The van der Waals surface area contributed by atoms with Crippen LogP contribution in [0.25, 0.3) is 0 Å². The van der Waals surface area contributed by atoms with Gasteiger partial charge in [0.1, 0.15) is 5.82 Å². The highest BCUT2D eigenvalue weighted by atomic mass is 35.5. The van der Waals surface area contributed by atoms with E-state index in [1.54, 1.807) is 6.20 Å². The fraction of sp³-hybridized carbons (Fsp3) is 0.444. The lowest BCUT2D eigenvalue weighted by molar-refractivity contribution is 0.154. The normalized spacial score (nSPS) is 15.9. The van der Waals surface area contributed by atoms with Crippen molar-refractivity contribution in [2.75, 3.05) is 56.9 Å². The third kappa shape index (κ3) is 5.85. The Hall–Kier alpha value is -1.89. The van der Waals surface area contributed by atoms with Crippen LogP contribution in [0.4, 0.5) is 17.5 Å². The lowest BCUT2D eigenvalue weighted by Crippen LogP contribution is -2.44. The number of hydrogen-bond donors (Lipinski definition) is 2. The van der Waals surface area contributed by atoms with Gasteiger partial charge in [0, 0.05) is 49.6 Å². The molecule has 1 fully saturated rings. The van der Waals surface area contributed by atoms with Crippen molar-refractivity contribution in [3.05, 3.63) is 41.6 Å². The van der Waals surface area contributed by atoms with E-state index in [2.05, 4.69) is 37.4 Å². The standard InChI is InChI=1S/C18H25ClN6/c1-24-10-12-25(13-11-24)9-3-7-20-17-6-8-21-18(23-17)22-16-5-2-4-15(19)14-16/h2,4-6,8,14H,3,7,9-13H2,1H3,(H2,20,21,22,23). The topological polar surface area (TPSA) is 56.3 Å². The predicted molar refractivity (Wildman–Crippen MR) is 104 cm³/mol. The number of hydrogen-bond acceptors (Lipinski definition) is 6. The van der Waals surface area contributed by atoms with Crippen molar-refractivity contribution in [1.29, 1.82) is 0 Å². The van der Waals surface area contributed by atoms with Crippen LogP contribution >= 0.6 is 11.6 Å². The van der Waals surface area contributed by atoms with Crippen LogP contribution in [0.2, 0.25) is 5.02 Å². The number of likely N-dealkylation sites (N-methyl/N-ethyl adjacent to an activating group) is 1. The van der Waals surface area contributed by atoms with Gasteiger partial charge in [-0.2, -0.15) is 4.98 Å². The Morgan fingerprint density at radius 1 is 1.16 bits per heavy atom. The molecule has 0 unspecified atom stereocenters. The highest BCUT2D eigenvalue weighted by Crippen LogP contribution is 2.18. The summed E-state index contributed by atoms with van der Waals surface area (Å²) in [6.45, 7) is 6.69. The molecule has 1 aromatic carbocycles. The van der Waals surface area contributed by atoms with E-state index in [9.17, 15) is 0 Å². The zero-order valence-electron chi connectivity index (χ0n) is 14.6. The van der Waals surface area contributed by atoms with Gasteiger partial charge in [-0.15, -0.1) is 0 Å². The summed E-state index contributed by atoms with van der Waals surface area (Å²) in [6.07, 6.45) is 2.85. The first-order chi connectivity index (χ1) is 12.2. The molecule has 0 bridgehead atoms. The molecule has 2 N–H and O–H groups in total. The number of halogens is 1. The van der Waals surface area contributed by atoms with Gasteiger partial charge in [0.15, 0.2) is 0 Å². The smallest absolute Gasteiger partial charge is 0.229 e. The minimum atomic E-state index is 0.561. The second-order valence-corrected chi connectivity index (χ2v) is 6.76. The van der Waals surface area contributed by atoms with E-state index in [4.69, 9.17) is 11.6 Å². The minimum Gasteiger partial charge on any atom is -0.370 e. The van der Waals surface area contributed by atoms with Crippen LogP contribution in [0.15, 0.2) is 36.5 Å². The van der Waals surface area contributed by atoms with Gasteiger partial charge in [0.2, 0.25) is 5.95 Å². The number of anilines is 3. The number of benzene rings is 1. The number of nitrogens with zero attached hydrogens (tertiary/aromatic N) is 4.